The molecule has 4 rings (SSSR count). The van der Waals surface area contributed by atoms with Crippen molar-refractivity contribution in [3.8, 4) is 11.1 Å². The molecule has 7 amide bonds. The predicted molar refractivity (Wildman–Crippen MR) is 236 cm³/mol. The number of halogens is 2. The number of likely N-dealkylation sites (N-methyl/N-ethyl adjacent to an activating group) is 1. The van der Waals surface area contributed by atoms with Crippen molar-refractivity contribution in [1.82, 2.24) is 41.0 Å². The zero-order chi connectivity index (χ0) is 48.0. The van der Waals surface area contributed by atoms with Crippen LogP contribution < -0.4 is 32.3 Å². The number of nitrogens with one attached hydrogen (secondary N) is 5. The number of carbonyl (C=O) groups excluding carboxylic acids is 7. The van der Waals surface area contributed by atoms with E-state index in [9.17, 15) is 43.1 Å². The molecule has 0 aliphatic carbocycles. The maximum Gasteiger partial charge on any atom is 0.248 e. The predicted octanol–water partition coefficient (Wildman–Crippen LogP) is 2.02. The lowest BCUT2D eigenvalue weighted by Crippen LogP contribution is -2.58. The smallest absolute Gasteiger partial charge is 0.248 e. The number of nitrogens with zero attached hydrogens (tertiary/aromatic N) is 3. The van der Waals surface area contributed by atoms with Gasteiger partial charge >= 0.3 is 0 Å². The molecule has 19 heteroatoms. The van der Waals surface area contributed by atoms with E-state index in [4.69, 9.17) is 5.73 Å². The van der Waals surface area contributed by atoms with Crippen molar-refractivity contribution in [2.45, 2.75) is 90.6 Å². The van der Waals surface area contributed by atoms with Gasteiger partial charge in [0.25, 0.3) is 0 Å². The first-order chi connectivity index (χ1) is 30.7. The zero-order valence-electron chi connectivity index (χ0n) is 37.2. The Morgan fingerprint density at radius 1 is 0.800 bits per heavy atom. The first-order valence-electron chi connectivity index (χ1n) is 20.9. The number of nitrogens with two attached hydrogens (primary N) is 1. The SMILES string of the molecule is CNC(=O)[C@H](CCN(C(=O)CO)C(c1cc(-c2cc(F)ccc2F)cn1Cc1ccccc1)C(C)(C)C)NC(=O)[C@H](CC(N)=O)NC(=O)[C@H](C)NC(=O)[C@H](C)NC(=O)Cc1ccncc1. The molecule has 5 atom stereocenters. The number of benzene rings is 2. The second-order valence-electron chi connectivity index (χ2n) is 16.7. The second-order valence-corrected chi connectivity index (χ2v) is 16.7. The van der Waals surface area contributed by atoms with Crippen LogP contribution in [0.4, 0.5) is 8.78 Å². The van der Waals surface area contributed by atoms with Crippen LogP contribution >= 0.6 is 0 Å². The average molecular weight is 902 g/mol. The highest BCUT2D eigenvalue weighted by atomic mass is 19.1. The summed E-state index contributed by atoms with van der Waals surface area (Å²) in [6, 6.07) is 11.1. The van der Waals surface area contributed by atoms with Crippen LogP contribution in [-0.4, -0.2) is 105 Å². The Bertz CT molecular complexity index is 2320. The van der Waals surface area contributed by atoms with Crippen molar-refractivity contribution in [3.05, 3.63) is 114 Å². The Morgan fingerprint density at radius 2 is 1.43 bits per heavy atom. The van der Waals surface area contributed by atoms with Gasteiger partial charge < -0.3 is 46.9 Å². The van der Waals surface area contributed by atoms with E-state index in [1.165, 1.54) is 38.2 Å². The molecule has 65 heavy (non-hydrogen) atoms. The fourth-order valence-corrected chi connectivity index (χ4v) is 7.24. The van der Waals surface area contributed by atoms with E-state index >= 15 is 4.39 Å². The molecule has 2 aromatic carbocycles. The Hall–Kier alpha value is -7.02. The molecule has 0 saturated carbocycles. The van der Waals surface area contributed by atoms with Gasteiger partial charge in [0.2, 0.25) is 41.4 Å². The summed E-state index contributed by atoms with van der Waals surface area (Å²) in [7, 11) is 1.31. The summed E-state index contributed by atoms with van der Waals surface area (Å²) in [5, 5.41) is 22.7. The molecule has 0 saturated heterocycles. The Balaban J connectivity index is 1.56. The number of aromatic nitrogens is 2. The van der Waals surface area contributed by atoms with Gasteiger partial charge in [0.1, 0.15) is 42.4 Å². The third-order valence-corrected chi connectivity index (χ3v) is 10.4. The lowest BCUT2D eigenvalue weighted by Gasteiger charge is -2.41. The number of hydrogen-bond donors (Lipinski definition) is 7. The number of primary amides is 1. The summed E-state index contributed by atoms with van der Waals surface area (Å²) >= 11 is 0. The minimum Gasteiger partial charge on any atom is -0.387 e. The molecule has 0 spiro atoms. The fraction of sp³-hybridized carbons (Fsp3) is 0.391. The number of pyridine rings is 1. The normalized spacial score (nSPS) is 13.6. The molecular weight excluding hydrogens is 845 g/mol. The van der Waals surface area contributed by atoms with Gasteiger partial charge in [-0.25, -0.2) is 8.78 Å². The van der Waals surface area contributed by atoms with Gasteiger partial charge in [-0.05, 0) is 73.2 Å². The van der Waals surface area contributed by atoms with E-state index in [1.807, 2.05) is 55.7 Å². The van der Waals surface area contributed by atoms with E-state index in [0.29, 0.717) is 16.8 Å². The van der Waals surface area contributed by atoms with Crippen molar-refractivity contribution < 1.29 is 47.4 Å². The molecule has 0 aliphatic heterocycles. The molecule has 2 aromatic heterocycles. The molecule has 1 unspecified atom stereocenters. The third-order valence-electron chi connectivity index (χ3n) is 10.4. The summed E-state index contributed by atoms with van der Waals surface area (Å²) in [6.45, 7) is 7.34. The van der Waals surface area contributed by atoms with E-state index in [-0.39, 0.29) is 31.5 Å². The highest BCUT2D eigenvalue weighted by Crippen LogP contribution is 2.41. The molecule has 348 valence electrons. The number of amides is 7. The van der Waals surface area contributed by atoms with Gasteiger partial charge in [-0.2, -0.15) is 0 Å². The lowest BCUT2D eigenvalue weighted by molar-refractivity contribution is -0.140. The summed E-state index contributed by atoms with van der Waals surface area (Å²) < 4.78 is 31.5. The van der Waals surface area contributed by atoms with Crippen molar-refractivity contribution in [2.24, 2.45) is 11.1 Å². The fourth-order valence-electron chi connectivity index (χ4n) is 7.24. The first kappa shape index (κ1) is 50.6. The Labute approximate surface area is 375 Å². The van der Waals surface area contributed by atoms with Gasteiger partial charge in [0.05, 0.1) is 18.9 Å². The van der Waals surface area contributed by atoms with Crippen LogP contribution in [0.2, 0.25) is 0 Å². The third kappa shape index (κ3) is 14.5. The summed E-state index contributed by atoms with van der Waals surface area (Å²) in [5.41, 5.74) is 6.97. The molecule has 0 bridgehead atoms. The standard InChI is InChI=1S/C46H57F2N9O8/c1-27(52-39(60)20-29-14-17-51-18-15-29)42(62)53-28(2)43(63)55-36(23-38(49)59)45(65)54-35(44(64)50-6)16-19-57(40(61)26-58)41(46(3,4)5)37-21-31(33-22-32(47)12-13-34(33)48)25-56(37)24-30-10-8-7-9-11-30/h7-15,17-18,21-22,25,27-28,35-36,41,58H,16,19-20,23-24,26H2,1-6H3,(H2,49,59)(H,50,64)(H,52,60)(H,53,62)(H,54,65)(H,55,63)/t27-,28-,35-,36-,41?/m0/s1. The first-order valence-corrected chi connectivity index (χ1v) is 20.9. The number of aliphatic hydroxyl groups is 1. The van der Waals surface area contributed by atoms with Gasteiger partial charge in [-0.15, -0.1) is 0 Å². The van der Waals surface area contributed by atoms with E-state index < -0.39 is 102 Å². The largest absolute Gasteiger partial charge is 0.387 e. The molecule has 0 fully saturated rings. The summed E-state index contributed by atoms with van der Waals surface area (Å²) in [5.74, 6) is -6.82. The topological polar surface area (TPSA) is 247 Å². The number of rotatable bonds is 21. The molecule has 0 radical (unpaired) electrons. The highest BCUT2D eigenvalue weighted by molar-refractivity contribution is 5.97. The van der Waals surface area contributed by atoms with E-state index in [1.54, 1.807) is 24.4 Å². The minimum absolute atomic E-state index is 0.0154. The molecule has 2 heterocycles. The highest BCUT2D eigenvalue weighted by Gasteiger charge is 2.38. The van der Waals surface area contributed by atoms with Gasteiger partial charge in [0.15, 0.2) is 0 Å². The van der Waals surface area contributed by atoms with Crippen LogP contribution in [0.15, 0.2) is 85.3 Å². The van der Waals surface area contributed by atoms with Gasteiger partial charge in [-0.1, -0.05) is 51.1 Å². The maximum atomic E-state index is 15.2. The lowest BCUT2D eigenvalue weighted by atomic mass is 9.82. The van der Waals surface area contributed by atoms with Crippen LogP contribution in [0.3, 0.4) is 0 Å². The van der Waals surface area contributed by atoms with E-state index in [0.717, 1.165) is 23.8 Å². The van der Waals surface area contributed by atoms with Crippen molar-refractivity contribution in [1.29, 1.82) is 0 Å². The Morgan fingerprint density at radius 3 is 2.05 bits per heavy atom. The van der Waals surface area contributed by atoms with Crippen LogP contribution in [0.1, 0.15) is 70.3 Å². The number of aliphatic hydroxyl groups excluding tert-OH is 1. The molecule has 4 aromatic rings. The van der Waals surface area contributed by atoms with Crippen LogP contribution in [0, 0.1) is 17.0 Å². The van der Waals surface area contributed by atoms with Gasteiger partial charge in [-0.3, -0.25) is 38.5 Å². The van der Waals surface area contributed by atoms with Crippen molar-refractivity contribution in [2.75, 3.05) is 20.2 Å². The summed E-state index contributed by atoms with van der Waals surface area (Å²) in [6.07, 6.45) is 3.73. The van der Waals surface area contributed by atoms with Crippen LogP contribution in [0.5, 0.6) is 0 Å². The van der Waals surface area contributed by atoms with Crippen molar-refractivity contribution in [3.63, 3.8) is 0 Å². The van der Waals surface area contributed by atoms with Crippen LogP contribution in [0.25, 0.3) is 11.1 Å². The quantitative estimate of drug-likeness (QED) is 0.0646. The average Bonchev–Trinajstić information content (AvgIpc) is 3.66. The number of carbonyl (C=O) groups is 7. The zero-order valence-corrected chi connectivity index (χ0v) is 37.2. The molecule has 0 aliphatic rings. The molecular formula is C46H57F2N9O8. The van der Waals surface area contributed by atoms with Crippen LogP contribution in [-0.2, 0) is 46.5 Å². The summed E-state index contributed by atoms with van der Waals surface area (Å²) in [4.78, 5) is 97.0. The monoisotopic (exact) mass is 901 g/mol. The Kier molecular flexibility index (Phi) is 18.0. The minimum atomic E-state index is -1.62. The van der Waals surface area contributed by atoms with Gasteiger partial charge in [0, 0.05) is 55.5 Å². The van der Waals surface area contributed by atoms with Crippen molar-refractivity contribution >= 4 is 41.4 Å². The molecule has 8 N–H and O–H groups in total. The maximum absolute atomic E-state index is 15.2. The number of hydrogen-bond acceptors (Lipinski definition) is 9. The second kappa shape index (κ2) is 23.1. The van der Waals surface area contributed by atoms with E-state index in [2.05, 4.69) is 31.6 Å². The molecule has 17 nitrogen and oxygen atoms in total.